The zero-order valence-electron chi connectivity index (χ0n) is 28.9. The highest BCUT2D eigenvalue weighted by Crippen LogP contribution is 2.43. The molecule has 0 bridgehead atoms. The molecule has 0 saturated carbocycles. The van der Waals surface area contributed by atoms with Crippen molar-refractivity contribution in [3.05, 3.63) is 95.1 Å². The van der Waals surface area contributed by atoms with Crippen molar-refractivity contribution in [2.24, 2.45) is 4.99 Å². The van der Waals surface area contributed by atoms with Gasteiger partial charge in [-0.25, -0.2) is 4.79 Å². The second-order valence-electron chi connectivity index (χ2n) is 13.2. The minimum Gasteiger partial charge on any atom is -0.493 e. The molecule has 4 aromatic carbocycles. The summed E-state index contributed by atoms with van der Waals surface area (Å²) in [4.78, 5) is 49.4. The fourth-order valence-corrected chi connectivity index (χ4v) is 7.65. The molecule has 0 saturated heterocycles. The van der Waals surface area contributed by atoms with E-state index in [-0.39, 0.29) is 49.1 Å². The SMILES string of the molecule is C.COc1cc2c(cc1OCCCCCOc1cc3c(cc1OC)C(=O)N1c4ccccc4C[C@H]1CN3C(=O)O)N=C[C@@H]1Cc3ccccc3N1C2=O. The number of para-hydroxylation sites is 2. The van der Waals surface area contributed by atoms with Crippen LogP contribution in [-0.4, -0.2) is 75.3 Å². The zero-order valence-corrected chi connectivity index (χ0v) is 28.9. The van der Waals surface area contributed by atoms with E-state index >= 15 is 0 Å². The van der Waals surface area contributed by atoms with Gasteiger partial charge in [0.2, 0.25) is 0 Å². The smallest absolute Gasteiger partial charge is 0.411 e. The Labute approximate surface area is 308 Å². The number of amides is 3. The minimum absolute atomic E-state index is 0. The largest absolute Gasteiger partial charge is 0.493 e. The number of anilines is 3. The van der Waals surface area contributed by atoms with Crippen LogP contribution in [0, 0.1) is 0 Å². The van der Waals surface area contributed by atoms with E-state index in [1.807, 2.05) is 54.7 Å². The number of carbonyl (C=O) groups is 3. The van der Waals surface area contributed by atoms with Crippen LogP contribution in [0.1, 0.15) is 58.5 Å². The lowest BCUT2D eigenvalue weighted by atomic mass is 10.1. The molecule has 12 heteroatoms. The maximum absolute atomic E-state index is 13.9. The Balaban J connectivity index is 0.00000435. The van der Waals surface area contributed by atoms with E-state index in [1.165, 1.54) is 12.0 Å². The Bertz CT molecular complexity index is 2120. The summed E-state index contributed by atoms with van der Waals surface area (Å²) in [5.74, 6) is 1.31. The first-order valence-corrected chi connectivity index (χ1v) is 17.4. The van der Waals surface area contributed by atoms with Gasteiger partial charge in [-0.15, -0.1) is 0 Å². The van der Waals surface area contributed by atoms with Gasteiger partial charge in [-0.2, -0.15) is 0 Å². The molecule has 0 fully saturated rings. The van der Waals surface area contributed by atoms with Gasteiger partial charge in [0.05, 0.1) is 68.6 Å². The molecule has 0 unspecified atom stereocenters. The highest BCUT2D eigenvalue weighted by Gasteiger charge is 2.42. The normalized spacial score (nSPS) is 17.7. The molecule has 4 aromatic rings. The van der Waals surface area contributed by atoms with Crippen LogP contribution < -0.4 is 33.6 Å². The molecule has 8 rings (SSSR count). The summed E-state index contributed by atoms with van der Waals surface area (Å²) in [6.45, 7) is 0.894. The van der Waals surface area contributed by atoms with Crippen LogP contribution in [0.25, 0.3) is 0 Å². The zero-order chi connectivity index (χ0) is 35.9. The van der Waals surface area contributed by atoms with Crippen molar-refractivity contribution in [1.82, 2.24) is 0 Å². The van der Waals surface area contributed by atoms with Crippen LogP contribution >= 0.6 is 0 Å². The van der Waals surface area contributed by atoms with E-state index in [4.69, 9.17) is 18.9 Å². The molecule has 53 heavy (non-hydrogen) atoms. The number of rotatable bonds is 10. The number of unbranched alkanes of at least 4 members (excludes halogenated alkanes) is 2. The Morgan fingerprint density at radius 3 is 1.98 bits per heavy atom. The summed E-state index contributed by atoms with van der Waals surface area (Å²) in [5, 5.41) is 10.2. The van der Waals surface area contributed by atoms with Crippen LogP contribution in [0.3, 0.4) is 0 Å². The van der Waals surface area contributed by atoms with Crippen molar-refractivity contribution in [2.45, 2.75) is 51.6 Å². The van der Waals surface area contributed by atoms with Gasteiger partial charge in [0.1, 0.15) is 0 Å². The highest BCUT2D eigenvalue weighted by atomic mass is 16.5. The average Bonchev–Trinajstić information content (AvgIpc) is 3.65. The minimum atomic E-state index is -1.14. The van der Waals surface area contributed by atoms with E-state index in [0.717, 1.165) is 41.8 Å². The molecule has 12 nitrogen and oxygen atoms in total. The number of ether oxygens (including phenoxy) is 4. The van der Waals surface area contributed by atoms with Gasteiger partial charge in [-0.1, -0.05) is 43.8 Å². The van der Waals surface area contributed by atoms with Crippen molar-refractivity contribution >= 4 is 46.9 Å². The van der Waals surface area contributed by atoms with Crippen molar-refractivity contribution in [1.29, 1.82) is 0 Å². The molecule has 0 radical (unpaired) electrons. The molecule has 0 spiro atoms. The lowest BCUT2D eigenvalue weighted by Gasteiger charge is -2.24. The van der Waals surface area contributed by atoms with Crippen molar-refractivity contribution < 1.29 is 38.4 Å². The number of carbonyl (C=O) groups excluding carboxylic acids is 2. The average molecular weight is 719 g/mol. The van der Waals surface area contributed by atoms with Gasteiger partial charge in [-0.3, -0.25) is 24.4 Å². The second-order valence-corrected chi connectivity index (χ2v) is 13.2. The summed E-state index contributed by atoms with van der Waals surface area (Å²) < 4.78 is 23.4. The van der Waals surface area contributed by atoms with Crippen molar-refractivity contribution in [3.63, 3.8) is 0 Å². The fourth-order valence-electron chi connectivity index (χ4n) is 7.65. The van der Waals surface area contributed by atoms with E-state index < -0.39 is 6.09 Å². The quantitative estimate of drug-likeness (QED) is 0.169. The first-order valence-electron chi connectivity index (χ1n) is 17.4. The Kier molecular flexibility index (Phi) is 9.70. The maximum atomic E-state index is 13.9. The van der Waals surface area contributed by atoms with Crippen molar-refractivity contribution in [3.8, 4) is 23.0 Å². The van der Waals surface area contributed by atoms with Gasteiger partial charge in [-0.05, 0) is 61.1 Å². The van der Waals surface area contributed by atoms with Gasteiger partial charge in [0, 0.05) is 36.1 Å². The predicted octanol–water partition coefficient (Wildman–Crippen LogP) is 7.32. The number of methoxy groups -OCH3 is 2. The summed E-state index contributed by atoms with van der Waals surface area (Å²) in [7, 11) is 3.05. The van der Waals surface area contributed by atoms with E-state index in [0.29, 0.717) is 60.3 Å². The van der Waals surface area contributed by atoms with Gasteiger partial charge < -0.3 is 29.0 Å². The predicted molar refractivity (Wildman–Crippen MR) is 203 cm³/mol. The number of fused-ring (bicyclic) bond motifs is 8. The summed E-state index contributed by atoms with van der Waals surface area (Å²) in [6.07, 6.45) is 4.18. The number of carboxylic acid groups (broad SMARTS) is 1. The number of nitrogens with zero attached hydrogens (tertiary/aromatic N) is 4. The third-order valence-electron chi connectivity index (χ3n) is 10.2. The second kappa shape index (κ2) is 14.5. The summed E-state index contributed by atoms with van der Waals surface area (Å²) >= 11 is 0. The molecule has 4 heterocycles. The number of hydrogen-bond acceptors (Lipinski definition) is 8. The summed E-state index contributed by atoms with van der Waals surface area (Å²) in [6, 6.07) is 21.8. The summed E-state index contributed by atoms with van der Waals surface area (Å²) in [5.41, 5.74) is 5.38. The number of benzene rings is 4. The lowest BCUT2D eigenvalue weighted by molar-refractivity contribution is 0.0976. The van der Waals surface area contributed by atoms with Crippen LogP contribution in [0.15, 0.2) is 77.8 Å². The van der Waals surface area contributed by atoms with Crippen LogP contribution in [0.4, 0.5) is 27.5 Å². The molecule has 3 amide bonds. The first kappa shape index (κ1) is 35.4. The molecule has 274 valence electrons. The standard InChI is InChI=1S/C40H38N4O8.CH4/c1-49-34-18-28-30(41-22-26-16-24-10-4-6-12-31(24)43(26)38(28)45)20-36(34)51-14-8-3-9-15-52-37-21-33-29(19-35(37)50-2)39(46)44-27(23-42(33)40(47)48)17-25-11-5-7-13-32(25)44;/h4-7,10-13,18-22,26-27H,3,8-9,14-17,23H2,1-2H3,(H,47,48);1H4/t26-,27-;/m0./s1. The van der Waals surface area contributed by atoms with Gasteiger partial charge in [0.25, 0.3) is 11.8 Å². The van der Waals surface area contributed by atoms with Gasteiger partial charge >= 0.3 is 6.09 Å². The van der Waals surface area contributed by atoms with Gasteiger partial charge in [0.15, 0.2) is 23.0 Å². The van der Waals surface area contributed by atoms with E-state index in [9.17, 15) is 19.5 Å². The Morgan fingerprint density at radius 2 is 1.32 bits per heavy atom. The number of aliphatic imine (C=N–C) groups is 1. The van der Waals surface area contributed by atoms with Crippen LogP contribution in [0.5, 0.6) is 23.0 Å². The molecule has 2 atom stereocenters. The molecular formula is C41H42N4O8. The van der Waals surface area contributed by atoms with Crippen molar-refractivity contribution in [2.75, 3.05) is 48.7 Å². The highest BCUT2D eigenvalue weighted by molar-refractivity contribution is 6.15. The van der Waals surface area contributed by atoms with E-state index in [2.05, 4.69) is 4.99 Å². The lowest BCUT2D eigenvalue weighted by Crippen LogP contribution is -2.43. The molecule has 0 aliphatic carbocycles. The Morgan fingerprint density at radius 1 is 0.736 bits per heavy atom. The molecule has 1 N–H and O–H groups in total. The molecule has 0 aromatic heterocycles. The monoisotopic (exact) mass is 718 g/mol. The topological polar surface area (TPSA) is 130 Å². The third-order valence-corrected chi connectivity index (χ3v) is 10.2. The molecular weight excluding hydrogens is 676 g/mol. The maximum Gasteiger partial charge on any atom is 0.411 e. The fraction of sp³-hybridized carbons (Fsp3) is 0.317. The Hall–Kier alpha value is -6.04. The third kappa shape index (κ3) is 6.28. The van der Waals surface area contributed by atoms with Crippen LogP contribution in [0.2, 0.25) is 0 Å². The number of hydrogen-bond donors (Lipinski definition) is 1. The molecule has 4 aliphatic heterocycles. The van der Waals surface area contributed by atoms with E-state index in [1.54, 1.807) is 41.2 Å². The first-order chi connectivity index (χ1) is 25.4. The van der Waals surface area contributed by atoms with Crippen LogP contribution in [-0.2, 0) is 12.8 Å². The molecule has 4 aliphatic rings.